The van der Waals surface area contributed by atoms with Crippen LogP contribution in [-0.2, 0) is 0 Å². The Morgan fingerprint density at radius 3 is 2.68 bits per heavy atom. The third-order valence-corrected chi connectivity index (χ3v) is 5.68. The van der Waals surface area contributed by atoms with Crippen LogP contribution in [-0.4, -0.2) is 45.7 Å². The molecule has 0 amide bonds. The van der Waals surface area contributed by atoms with Gasteiger partial charge in [-0.05, 0) is 47.0 Å². The van der Waals surface area contributed by atoms with E-state index in [4.69, 9.17) is 0 Å². The Morgan fingerprint density at radius 2 is 1.96 bits per heavy atom. The first-order valence-electron chi connectivity index (χ1n) is 9.45. The Balaban J connectivity index is 1.43. The maximum absolute atomic E-state index is 12.5. The molecule has 1 saturated carbocycles. The normalized spacial score (nSPS) is 17.1. The zero-order chi connectivity index (χ0) is 19.1. The van der Waals surface area contributed by atoms with Crippen LogP contribution in [0.5, 0.6) is 0 Å². The number of nitrogens with zero attached hydrogens (tertiary/aromatic N) is 5. The highest BCUT2D eigenvalue weighted by atomic mass is 79.9. The highest BCUT2D eigenvalue weighted by Gasteiger charge is 2.27. The van der Waals surface area contributed by atoms with Gasteiger partial charge in [0.25, 0.3) is 5.56 Å². The monoisotopic (exact) mass is 441 g/mol. The maximum atomic E-state index is 12.5. The summed E-state index contributed by atoms with van der Waals surface area (Å²) in [7, 11) is 0. The SMILES string of the molecule is O=c1c(Br)cc2cnc(Nc3ccc(N4CCNCC4)cn3)nc2n1C1CC1. The van der Waals surface area contributed by atoms with Crippen molar-refractivity contribution in [2.24, 2.45) is 0 Å². The van der Waals surface area contributed by atoms with E-state index in [9.17, 15) is 4.79 Å². The Labute approximate surface area is 170 Å². The van der Waals surface area contributed by atoms with Crippen LogP contribution in [0, 0.1) is 0 Å². The molecule has 9 heteroatoms. The summed E-state index contributed by atoms with van der Waals surface area (Å²) in [6.45, 7) is 3.94. The van der Waals surface area contributed by atoms with E-state index in [2.05, 4.69) is 52.5 Å². The number of pyridine rings is 2. The van der Waals surface area contributed by atoms with Gasteiger partial charge in [-0.3, -0.25) is 9.36 Å². The highest BCUT2D eigenvalue weighted by molar-refractivity contribution is 9.10. The summed E-state index contributed by atoms with van der Waals surface area (Å²) in [5, 5.41) is 7.34. The molecule has 0 spiro atoms. The average Bonchev–Trinajstić information content (AvgIpc) is 3.56. The van der Waals surface area contributed by atoms with E-state index in [0.29, 0.717) is 21.9 Å². The molecule has 0 unspecified atom stereocenters. The number of nitrogens with one attached hydrogen (secondary N) is 2. The topological polar surface area (TPSA) is 88.0 Å². The highest BCUT2D eigenvalue weighted by Crippen LogP contribution is 2.36. The first-order valence-corrected chi connectivity index (χ1v) is 10.2. The number of anilines is 3. The van der Waals surface area contributed by atoms with Crippen molar-refractivity contribution in [3.8, 4) is 0 Å². The zero-order valence-electron chi connectivity index (χ0n) is 15.2. The van der Waals surface area contributed by atoms with Crippen molar-refractivity contribution in [3.63, 3.8) is 0 Å². The molecule has 1 saturated heterocycles. The summed E-state index contributed by atoms with van der Waals surface area (Å²) < 4.78 is 2.31. The summed E-state index contributed by atoms with van der Waals surface area (Å²) >= 11 is 3.35. The van der Waals surface area contributed by atoms with Crippen LogP contribution in [0.25, 0.3) is 11.0 Å². The summed E-state index contributed by atoms with van der Waals surface area (Å²) in [4.78, 5) is 28.3. The second-order valence-electron chi connectivity index (χ2n) is 7.13. The van der Waals surface area contributed by atoms with Gasteiger partial charge < -0.3 is 15.5 Å². The molecular weight excluding hydrogens is 422 g/mol. The molecule has 8 nitrogen and oxygen atoms in total. The van der Waals surface area contributed by atoms with E-state index in [0.717, 1.165) is 50.1 Å². The molecular formula is C19H20BrN7O. The number of hydrogen-bond acceptors (Lipinski definition) is 7. The number of halogens is 1. The minimum atomic E-state index is -0.0434. The Morgan fingerprint density at radius 1 is 1.14 bits per heavy atom. The summed E-state index contributed by atoms with van der Waals surface area (Å²) in [6.07, 6.45) is 5.62. The van der Waals surface area contributed by atoms with Gasteiger partial charge >= 0.3 is 0 Å². The van der Waals surface area contributed by atoms with E-state index in [1.165, 1.54) is 0 Å². The van der Waals surface area contributed by atoms with Gasteiger partial charge in [0.05, 0.1) is 16.4 Å². The third kappa shape index (κ3) is 3.35. The minimum Gasteiger partial charge on any atom is -0.368 e. The van der Waals surface area contributed by atoms with Crippen molar-refractivity contribution in [1.82, 2.24) is 24.8 Å². The van der Waals surface area contributed by atoms with Crippen molar-refractivity contribution in [2.45, 2.75) is 18.9 Å². The third-order valence-electron chi connectivity index (χ3n) is 5.11. The lowest BCUT2D eigenvalue weighted by Crippen LogP contribution is -2.43. The minimum absolute atomic E-state index is 0.0434. The molecule has 1 aliphatic carbocycles. The van der Waals surface area contributed by atoms with Gasteiger partial charge in [-0.15, -0.1) is 0 Å². The van der Waals surface area contributed by atoms with Crippen LogP contribution in [0.1, 0.15) is 18.9 Å². The fourth-order valence-corrected chi connectivity index (χ4v) is 3.94. The predicted octanol–water partition coefficient (Wildman–Crippen LogP) is 2.44. The summed E-state index contributed by atoms with van der Waals surface area (Å²) in [5.74, 6) is 1.11. The van der Waals surface area contributed by atoms with Crippen LogP contribution < -0.4 is 21.1 Å². The van der Waals surface area contributed by atoms with E-state index < -0.39 is 0 Å². The van der Waals surface area contributed by atoms with E-state index in [1.807, 2.05) is 12.3 Å². The van der Waals surface area contributed by atoms with Gasteiger partial charge in [-0.2, -0.15) is 4.98 Å². The number of piperazine rings is 1. The molecule has 0 atom stereocenters. The van der Waals surface area contributed by atoms with E-state index >= 15 is 0 Å². The van der Waals surface area contributed by atoms with Crippen molar-refractivity contribution in [2.75, 3.05) is 36.4 Å². The van der Waals surface area contributed by atoms with Crippen LogP contribution in [0.4, 0.5) is 17.5 Å². The fourth-order valence-electron chi connectivity index (χ4n) is 3.50. The molecule has 0 radical (unpaired) electrons. The molecule has 1 aliphatic heterocycles. The van der Waals surface area contributed by atoms with Gasteiger partial charge in [0.2, 0.25) is 5.95 Å². The number of fused-ring (bicyclic) bond motifs is 1. The Hall–Kier alpha value is -2.52. The first-order chi connectivity index (χ1) is 13.7. The second-order valence-corrected chi connectivity index (χ2v) is 7.99. The molecule has 2 N–H and O–H groups in total. The van der Waals surface area contributed by atoms with Gasteiger partial charge in [0.15, 0.2) is 0 Å². The number of aromatic nitrogens is 4. The number of hydrogen-bond donors (Lipinski definition) is 2. The molecule has 3 aromatic rings. The predicted molar refractivity (Wildman–Crippen MR) is 112 cm³/mol. The standard InChI is InChI=1S/C19H20BrN7O/c20-15-9-12-10-23-19(25-17(12)27(18(15)28)13-1-2-13)24-16-4-3-14(11-22-16)26-7-5-21-6-8-26/h3-4,9-11,13,21H,1-2,5-8H2,(H,22,23,24,25). The molecule has 4 heterocycles. The molecule has 3 aromatic heterocycles. The van der Waals surface area contributed by atoms with E-state index in [-0.39, 0.29) is 11.6 Å². The van der Waals surface area contributed by atoms with Crippen LogP contribution in [0.2, 0.25) is 0 Å². The lowest BCUT2D eigenvalue weighted by Gasteiger charge is -2.29. The van der Waals surface area contributed by atoms with Gasteiger partial charge in [0, 0.05) is 43.8 Å². The maximum Gasteiger partial charge on any atom is 0.266 e. The van der Waals surface area contributed by atoms with E-state index in [1.54, 1.807) is 16.8 Å². The summed E-state index contributed by atoms with van der Waals surface area (Å²) in [5.41, 5.74) is 1.72. The van der Waals surface area contributed by atoms with Crippen LogP contribution in [0.3, 0.4) is 0 Å². The number of rotatable bonds is 4. The smallest absolute Gasteiger partial charge is 0.266 e. The lowest BCUT2D eigenvalue weighted by atomic mass is 10.3. The Kier molecular flexibility index (Phi) is 4.48. The zero-order valence-corrected chi connectivity index (χ0v) is 16.8. The molecule has 2 aliphatic rings. The molecule has 144 valence electrons. The summed E-state index contributed by atoms with van der Waals surface area (Å²) in [6, 6.07) is 5.99. The first kappa shape index (κ1) is 17.6. The average molecular weight is 442 g/mol. The van der Waals surface area contributed by atoms with Crippen LogP contribution in [0.15, 0.2) is 39.9 Å². The van der Waals surface area contributed by atoms with Crippen LogP contribution >= 0.6 is 15.9 Å². The van der Waals surface area contributed by atoms with Crippen molar-refractivity contribution in [3.05, 3.63) is 45.4 Å². The van der Waals surface area contributed by atoms with Crippen molar-refractivity contribution >= 4 is 44.4 Å². The molecule has 5 rings (SSSR count). The largest absolute Gasteiger partial charge is 0.368 e. The molecule has 2 fully saturated rings. The Bertz CT molecular complexity index is 1070. The fraction of sp³-hybridized carbons (Fsp3) is 0.368. The molecule has 28 heavy (non-hydrogen) atoms. The van der Waals surface area contributed by atoms with Crippen molar-refractivity contribution < 1.29 is 0 Å². The molecule has 0 bridgehead atoms. The van der Waals surface area contributed by atoms with Gasteiger partial charge in [0.1, 0.15) is 11.5 Å². The lowest BCUT2D eigenvalue weighted by molar-refractivity contribution is 0.589. The molecule has 0 aromatic carbocycles. The van der Waals surface area contributed by atoms with Gasteiger partial charge in [-0.1, -0.05) is 0 Å². The van der Waals surface area contributed by atoms with Gasteiger partial charge in [-0.25, -0.2) is 9.97 Å². The van der Waals surface area contributed by atoms with Crippen molar-refractivity contribution in [1.29, 1.82) is 0 Å². The quantitative estimate of drug-likeness (QED) is 0.642. The second kappa shape index (κ2) is 7.14.